The smallest absolute Gasteiger partial charge is 0.251 e. The molecule has 0 heterocycles. The molecule has 0 spiro atoms. The van der Waals surface area contributed by atoms with E-state index in [4.69, 9.17) is 4.74 Å². The van der Waals surface area contributed by atoms with Gasteiger partial charge in [0.15, 0.2) is 5.96 Å². The molecule has 0 aliphatic heterocycles. The quantitative estimate of drug-likeness (QED) is 0.242. The van der Waals surface area contributed by atoms with Crippen molar-refractivity contribution in [3.05, 3.63) is 35.4 Å². The lowest BCUT2D eigenvalue weighted by molar-refractivity contribution is 0.0963. The van der Waals surface area contributed by atoms with Crippen LogP contribution in [-0.2, 0) is 11.2 Å². The number of hydrogen-bond donors (Lipinski definition) is 3. The van der Waals surface area contributed by atoms with Crippen LogP contribution in [0.3, 0.4) is 0 Å². The molecule has 1 amide bonds. The zero-order valence-corrected chi connectivity index (χ0v) is 19.5. The molecule has 1 fully saturated rings. The van der Waals surface area contributed by atoms with Crippen molar-refractivity contribution in [3.8, 4) is 0 Å². The molecule has 158 valence electrons. The molecule has 3 N–H and O–H groups in total. The summed E-state index contributed by atoms with van der Waals surface area (Å²) >= 11 is 0. The van der Waals surface area contributed by atoms with Crippen LogP contribution in [-0.4, -0.2) is 76.8 Å². The fourth-order valence-electron chi connectivity index (χ4n) is 3.00. The van der Waals surface area contributed by atoms with E-state index < -0.39 is 0 Å². The molecule has 1 aliphatic carbocycles. The molecule has 8 heteroatoms. The highest BCUT2D eigenvalue weighted by molar-refractivity contribution is 14.0. The Kier molecular flexibility index (Phi) is 12.1. The molecule has 7 nitrogen and oxygen atoms in total. The Hall–Kier alpha value is -1.39. The van der Waals surface area contributed by atoms with E-state index in [2.05, 4.69) is 25.8 Å². The van der Waals surface area contributed by atoms with E-state index in [1.165, 1.54) is 12.8 Å². The average molecular weight is 503 g/mol. The van der Waals surface area contributed by atoms with E-state index in [0.29, 0.717) is 5.56 Å². The lowest BCUT2D eigenvalue weighted by atomic mass is 10.1. The van der Waals surface area contributed by atoms with Gasteiger partial charge in [0, 0.05) is 59.0 Å². The topological polar surface area (TPSA) is 78.0 Å². The first-order chi connectivity index (χ1) is 13.2. The Labute approximate surface area is 185 Å². The monoisotopic (exact) mass is 503 g/mol. The average Bonchev–Trinajstić information content (AvgIpc) is 3.54. The van der Waals surface area contributed by atoms with Gasteiger partial charge in [-0.1, -0.05) is 12.1 Å². The number of halogens is 1. The molecule has 1 aromatic rings. The van der Waals surface area contributed by atoms with Crippen molar-refractivity contribution in [1.82, 2.24) is 20.9 Å². The van der Waals surface area contributed by atoms with Crippen molar-refractivity contribution in [3.63, 3.8) is 0 Å². The maximum absolute atomic E-state index is 11.7. The molecular formula is C20H34IN5O2. The molecule has 0 aromatic heterocycles. The maximum atomic E-state index is 11.7. The summed E-state index contributed by atoms with van der Waals surface area (Å²) in [6, 6.07) is 8.43. The van der Waals surface area contributed by atoms with Gasteiger partial charge in [-0.3, -0.25) is 14.7 Å². The summed E-state index contributed by atoms with van der Waals surface area (Å²) in [5, 5.41) is 9.37. The SMILES string of the molecule is CN=C(NCCc1cccc(C(=O)NC)c1)NCCN(CCOC)C1CC1.I. The Bertz CT molecular complexity index is 622. The van der Waals surface area contributed by atoms with Crippen LogP contribution in [0.5, 0.6) is 0 Å². The van der Waals surface area contributed by atoms with Crippen LogP contribution in [0.1, 0.15) is 28.8 Å². The third kappa shape index (κ3) is 8.74. The Morgan fingerprint density at radius 2 is 2.00 bits per heavy atom. The second kappa shape index (κ2) is 13.7. The van der Waals surface area contributed by atoms with Crippen LogP contribution in [0, 0.1) is 0 Å². The fraction of sp³-hybridized carbons (Fsp3) is 0.600. The highest BCUT2D eigenvalue weighted by Crippen LogP contribution is 2.25. The summed E-state index contributed by atoms with van der Waals surface area (Å²) in [5.74, 6) is 0.746. The molecule has 1 saturated carbocycles. The van der Waals surface area contributed by atoms with Gasteiger partial charge in [-0.15, -0.1) is 24.0 Å². The highest BCUT2D eigenvalue weighted by atomic mass is 127. The minimum absolute atomic E-state index is 0. The highest BCUT2D eigenvalue weighted by Gasteiger charge is 2.28. The van der Waals surface area contributed by atoms with Crippen molar-refractivity contribution < 1.29 is 9.53 Å². The molecule has 0 bridgehead atoms. The normalized spacial score (nSPS) is 13.8. The van der Waals surface area contributed by atoms with Gasteiger partial charge in [-0.2, -0.15) is 0 Å². The van der Waals surface area contributed by atoms with Gasteiger partial charge in [-0.25, -0.2) is 0 Å². The Morgan fingerprint density at radius 1 is 1.25 bits per heavy atom. The molecule has 0 atom stereocenters. The van der Waals surface area contributed by atoms with Crippen LogP contribution < -0.4 is 16.0 Å². The molecule has 0 saturated heterocycles. The first kappa shape index (κ1) is 24.6. The number of nitrogens with zero attached hydrogens (tertiary/aromatic N) is 2. The van der Waals surface area contributed by atoms with Gasteiger partial charge < -0.3 is 20.7 Å². The van der Waals surface area contributed by atoms with Crippen molar-refractivity contribution in [2.75, 3.05) is 54.0 Å². The van der Waals surface area contributed by atoms with E-state index in [-0.39, 0.29) is 29.9 Å². The third-order valence-corrected chi connectivity index (χ3v) is 4.68. The minimum Gasteiger partial charge on any atom is -0.383 e. The second-order valence-electron chi connectivity index (χ2n) is 6.72. The van der Waals surface area contributed by atoms with Gasteiger partial charge in [-0.05, 0) is 37.0 Å². The van der Waals surface area contributed by atoms with Gasteiger partial charge in [0.05, 0.1) is 6.61 Å². The molecule has 1 aromatic carbocycles. The second-order valence-corrected chi connectivity index (χ2v) is 6.72. The van der Waals surface area contributed by atoms with E-state index in [1.54, 1.807) is 21.2 Å². The lowest BCUT2D eigenvalue weighted by Crippen LogP contribution is -2.43. The third-order valence-electron chi connectivity index (χ3n) is 4.68. The van der Waals surface area contributed by atoms with Gasteiger partial charge in [0.1, 0.15) is 0 Å². The van der Waals surface area contributed by atoms with Gasteiger partial charge in [0.2, 0.25) is 0 Å². The number of amides is 1. The molecule has 28 heavy (non-hydrogen) atoms. The number of benzene rings is 1. The van der Waals surface area contributed by atoms with Gasteiger partial charge >= 0.3 is 0 Å². The molecule has 2 rings (SSSR count). The molecule has 0 radical (unpaired) electrons. The number of hydrogen-bond acceptors (Lipinski definition) is 4. The number of guanidine groups is 1. The van der Waals surface area contributed by atoms with Crippen LogP contribution in [0.25, 0.3) is 0 Å². The Morgan fingerprint density at radius 3 is 2.64 bits per heavy atom. The zero-order chi connectivity index (χ0) is 19.5. The molecular weight excluding hydrogens is 469 g/mol. The van der Waals surface area contributed by atoms with Crippen LogP contribution in [0.4, 0.5) is 0 Å². The van der Waals surface area contributed by atoms with E-state index >= 15 is 0 Å². The van der Waals surface area contributed by atoms with E-state index in [0.717, 1.165) is 56.8 Å². The van der Waals surface area contributed by atoms with Crippen LogP contribution >= 0.6 is 24.0 Å². The number of carbonyl (C=O) groups is 1. The fourth-order valence-corrected chi connectivity index (χ4v) is 3.00. The van der Waals surface area contributed by atoms with Gasteiger partial charge in [0.25, 0.3) is 5.91 Å². The van der Waals surface area contributed by atoms with E-state index in [9.17, 15) is 4.79 Å². The van der Waals surface area contributed by atoms with Crippen molar-refractivity contribution in [1.29, 1.82) is 0 Å². The van der Waals surface area contributed by atoms with Crippen LogP contribution in [0.2, 0.25) is 0 Å². The number of rotatable bonds is 11. The lowest BCUT2D eigenvalue weighted by Gasteiger charge is -2.22. The standard InChI is InChI=1S/C20H33N5O2.HI/c1-21-19(26)17-6-4-5-16(15-17)9-10-23-20(22-2)24-11-12-25(13-14-27-3)18-7-8-18;/h4-6,15,18H,7-14H2,1-3H3,(H,21,26)(H2,22,23,24);1H. The van der Waals surface area contributed by atoms with Crippen molar-refractivity contribution >= 4 is 35.8 Å². The predicted octanol–water partition coefficient (Wildman–Crippen LogP) is 1.48. The molecule has 0 unspecified atom stereocenters. The Balaban J connectivity index is 0.00000392. The first-order valence-corrected chi connectivity index (χ1v) is 9.66. The predicted molar refractivity (Wildman–Crippen MR) is 125 cm³/mol. The van der Waals surface area contributed by atoms with Crippen molar-refractivity contribution in [2.45, 2.75) is 25.3 Å². The zero-order valence-electron chi connectivity index (χ0n) is 17.2. The summed E-state index contributed by atoms with van der Waals surface area (Å²) in [5.41, 5.74) is 1.81. The maximum Gasteiger partial charge on any atom is 0.251 e. The number of carbonyl (C=O) groups excluding carboxylic acids is 1. The number of ether oxygens (including phenoxy) is 1. The summed E-state index contributed by atoms with van der Waals surface area (Å²) in [7, 11) is 5.18. The van der Waals surface area contributed by atoms with Crippen LogP contribution in [0.15, 0.2) is 29.3 Å². The summed E-state index contributed by atoms with van der Waals surface area (Å²) in [6.45, 7) is 4.36. The summed E-state index contributed by atoms with van der Waals surface area (Å²) in [6.07, 6.45) is 3.42. The number of nitrogens with one attached hydrogen (secondary N) is 3. The summed E-state index contributed by atoms with van der Waals surface area (Å²) < 4.78 is 5.20. The molecule has 1 aliphatic rings. The first-order valence-electron chi connectivity index (χ1n) is 9.66. The summed E-state index contributed by atoms with van der Waals surface area (Å²) in [4.78, 5) is 18.5. The van der Waals surface area contributed by atoms with Crippen molar-refractivity contribution in [2.24, 2.45) is 4.99 Å². The van der Waals surface area contributed by atoms with E-state index in [1.807, 2.05) is 24.3 Å². The number of aliphatic imine (C=N–C) groups is 1. The minimum atomic E-state index is -0.0593. The number of methoxy groups -OCH3 is 1. The largest absolute Gasteiger partial charge is 0.383 e.